The highest BCUT2D eigenvalue weighted by molar-refractivity contribution is 5.94. The van der Waals surface area contributed by atoms with Gasteiger partial charge in [0.05, 0.1) is 38.5 Å². The van der Waals surface area contributed by atoms with E-state index in [4.69, 9.17) is 27.8 Å². The number of carbonyl (C=O) groups excluding carboxylic acids is 1. The number of furan rings is 1. The van der Waals surface area contributed by atoms with Gasteiger partial charge in [-0.25, -0.2) is 4.79 Å². The van der Waals surface area contributed by atoms with Crippen molar-refractivity contribution in [2.75, 3.05) is 21.3 Å². The average molecular weight is 450 g/mol. The molecule has 2 aromatic heterocycles. The van der Waals surface area contributed by atoms with Crippen LogP contribution in [0.15, 0.2) is 56.3 Å². The molecule has 33 heavy (non-hydrogen) atoms. The van der Waals surface area contributed by atoms with Crippen LogP contribution in [0.2, 0.25) is 0 Å². The summed E-state index contributed by atoms with van der Waals surface area (Å²) in [5.41, 5.74) is 1.65. The molecule has 4 rings (SSSR count). The Kier molecular flexibility index (Phi) is 5.83. The summed E-state index contributed by atoms with van der Waals surface area (Å²) in [7, 11) is 4.33. The molecule has 170 valence electrons. The number of aryl methyl sites for hydroxylation is 2. The van der Waals surface area contributed by atoms with Crippen molar-refractivity contribution < 1.29 is 32.6 Å². The molecule has 0 unspecified atom stereocenters. The van der Waals surface area contributed by atoms with Crippen LogP contribution in [0.25, 0.3) is 22.5 Å². The standard InChI is InChI=1S/C25H22O8/c1-13-9-14(2)21-16(10-13)20(26)24(23(32-21)17-7-6-8-31-17)33-25(27)15-11-18(28-3)22(30-5)19(12-15)29-4/h6-12H,1-5H3. The molecule has 0 aliphatic heterocycles. The molecular weight excluding hydrogens is 428 g/mol. The van der Waals surface area contributed by atoms with E-state index < -0.39 is 11.4 Å². The summed E-state index contributed by atoms with van der Waals surface area (Å²) in [6.45, 7) is 3.71. The molecule has 0 saturated heterocycles. The van der Waals surface area contributed by atoms with Gasteiger partial charge in [0.2, 0.25) is 22.7 Å². The Bertz CT molecular complexity index is 1370. The first-order valence-corrected chi connectivity index (χ1v) is 10.0. The lowest BCUT2D eigenvalue weighted by atomic mass is 10.1. The monoisotopic (exact) mass is 450 g/mol. The molecule has 0 N–H and O–H groups in total. The first kappa shape index (κ1) is 22.0. The molecule has 4 aromatic rings. The van der Waals surface area contributed by atoms with Crippen molar-refractivity contribution in [1.82, 2.24) is 0 Å². The molecule has 0 radical (unpaired) electrons. The predicted molar refractivity (Wildman–Crippen MR) is 121 cm³/mol. The molecule has 0 bridgehead atoms. The Morgan fingerprint density at radius 3 is 2.18 bits per heavy atom. The van der Waals surface area contributed by atoms with E-state index in [0.717, 1.165) is 11.1 Å². The van der Waals surface area contributed by atoms with Crippen LogP contribution in [0.3, 0.4) is 0 Å². The van der Waals surface area contributed by atoms with Crippen LogP contribution in [-0.4, -0.2) is 27.3 Å². The Hall–Kier alpha value is -4.20. The maximum absolute atomic E-state index is 13.4. The van der Waals surface area contributed by atoms with E-state index in [1.165, 1.54) is 39.7 Å². The van der Waals surface area contributed by atoms with E-state index in [1.54, 1.807) is 18.2 Å². The minimum atomic E-state index is -0.807. The first-order valence-electron chi connectivity index (χ1n) is 10.0. The fourth-order valence-corrected chi connectivity index (χ4v) is 3.65. The summed E-state index contributed by atoms with van der Waals surface area (Å²) in [4.78, 5) is 26.5. The molecule has 0 fully saturated rings. The van der Waals surface area contributed by atoms with Gasteiger partial charge in [-0.2, -0.15) is 0 Å². The van der Waals surface area contributed by atoms with Gasteiger partial charge in [0.1, 0.15) is 5.58 Å². The fourth-order valence-electron chi connectivity index (χ4n) is 3.65. The number of ether oxygens (including phenoxy) is 4. The zero-order valence-corrected chi connectivity index (χ0v) is 18.8. The number of methoxy groups -OCH3 is 3. The van der Waals surface area contributed by atoms with Crippen LogP contribution in [0.4, 0.5) is 0 Å². The lowest BCUT2D eigenvalue weighted by molar-refractivity contribution is 0.0730. The SMILES string of the molecule is COc1cc(C(=O)Oc2c(-c3ccco3)oc3c(C)cc(C)cc3c2=O)cc(OC)c1OC. The molecule has 0 aliphatic carbocycles. The van der Waals surface area contributed by atoms with Crippen molar-refractivity contribution in [1.29, 1.82) is 0 Å². The van der Waals surface area contributed by atoms with Gasteiger partial charge >= 0.3 is 5.97 Å². The third-order valence-corrected chi connectivity index (χ3v) is 5.12. The number of esters is 1. The normalized spacial score (nSPS) is 10.8. The second-order valence-corrected chi connectivity index (χ2v) is 7.33. The number of hydrogen-bond donors (Lipinski definition) is 0. The van der Waals surface area contributed by atoms with E-state index in [-0.39, 0.29) is 34.3 Å². The first-order chi connectivity index (χ1) is 15.9. The Labute approximate surface area is 189 Å². The van der Waals surface area contributed by atoms with Gasteiger partial charge in [0, 0.05) is 0 Å². The van der Waals surface area contributed by atoms with Crippen molar-refractivity contribution in [2.45, 2.75) is 13.8 Å². The molecule has 0 amide bonds. The van der Waals surface area contributed by atoms with Crippen LogP contribution in [-0.2, 0) is 0 Å². The van der Waals surface area contributed by atoms with Crippen LogP contribution < -0.4 is 24.4 Å². The van der Waals surface area contributed by atoms with Gasteiger partial charge in [0.25, 0.3) is 0 Å². The van der Waals surface area contributed by atoms with Crippen LogP contribution in [0, 0.1) is 13.8 Å². The van der Waals surface area contributed by atoms with E-state index in [2.05, 4.69) is 0 Å². The Morgan fingerprint density at radius 2 is 1.61 bits per heavy atom. The fraction of sp³-hybridized carbons (Fsp3) is 0.200. The second-order valence-electron chi connectivity index (χ2n) is 7.33. The summed E-state index contributed by atoms with van der Waals surface area (Å²) in [5, 5.41) is 0.301. The molecule has 8 nitrogen and oxygen atoms in total. The molecule has 0 saturated carbocycles. The van der Waals surface area contributed by atoms with Gasteiger partial charge < -0.3 is 27.8 Å². The van der Waals surface area contributed by atoms with E-state index in [0.29, 0.717) is 16.7 Å². The minimum absolute atomic E-state index is 0.0187. The second kappa shape index (κ2) is 8.74. The topological polar surface area (TPSA) is 97.3 Å². The maximum Gasteiger partial charge on any atom is 0.344 e. The van der Waals surface area contributed by atoms with E-state index in [1.807, 2.05) is 19.9 Å². The van der Waals surface area contributed by atoms with E-state index >= 15 is 0 Å². The predicted octanol–water partition coefficient (Wildman–Crippen LogP) is 4.91. The van der Waals surface area contributed by atoms with Crippen molar-refractivity contribution >= 4 is 16.9 Å². The van der Waals surface area contributed by atoms with Gasteiger partial charge in [0.15, 0.2) is 17.3 Å². The van der Waals surface area contributed by atoms with Crippen LogP contribution in [0.1, 0.15) is 21.5 Å². The zero-order valence-electron chi connectivity index (χ0n) is 18.8. The third-order valence-electron chi connectivity index (χ3n) is 5.12. The molecule has 0 spiro atoms. The van der Waals surface area contributed by atoms with Gasteiger partial charge in [-0.15, -0.1) is 0 Å². The molecule has 2 aromatic carbocycles. The quantitative estimate of drug-likeness (QED) is 0.382. The number of carbonyl (C=O) groups is 1. The van der Waals surface area contributed by atoms with Crippen molar-refractivity contribution in [2.24, 2.45) is 0 Å². The van der Waals surface area contributed by atoms with Gasteiger partial charge in [-0.1, -0.05) is 6.07 Å². The lowest BCUT2D eigenvalue weighted by Crippen LogP contribution is -2.17. The summed E-state index contributed by atoms with van der Waals surface area (Å²) in [6, 6.07) is 9.73. The Balaban J connectivity index is 1.88. The molecule has 2 heterocycles. The highest BCUT2D eigenvalue weighted by Gasteiger charge is 2.25. The largest absolute Gasteiger partial charge is 0.493 e. The van der Waals surface area contributed by atoms with Crippen molar-refractivity contribution in [3.8, 4) is 34.5 Å². The molecule has 0 atom stereocenters. The molecule has 8 heteroatoms. The zero-order chi connectivity index (χ0) is 23.7. The number of benzene rings is 2. The van der Waals surface area contributed by atoms with E-state index in [9.17, 15) is 9.59 Å². The van der Waals surface area contributed by atoms with Gasteiger partial charge in [-0.05, 0) is 55.3 Å². The Morgan fingerprint density at radius 1 is 0.909 bits per heavy atom. The van der Waals surface area contributed by atoms with Crippen LogP contribution in [0.5, 0.6) is 23.0 Å². The number of rotatable bonds is 6. The number of fused-ring (bicyclic) bond motifs is 1. The summed E-state index contributed by atoms with van der Waals surface area (Å²) in [6.07, 6.45) is 1.44. The van der Waals surface area contributed by atoms with Gasteiger partial charge in [-0.3, -0.25) is 4.79 Å². The van der Waals surface area contributed by atoms with Crippen molar-refractivity contribution in [3.63, 3.8) is 0 Å². The van der Waals surface area contributed by atoms with Crippen LogP contribution >= 0.6 is 0 Å². The molecular formula is C25H22O8. The highest BCUT2D eigenvalue weighted by atomic mass is 16.5. The average Bonchev–Trinajstić information content (AvgIpc) is 3.34. The maximum atomic E-state index is 13.4. The smallest absolute Gasteiger partial charge is 0.344 e. The molecule has 0 aliphatic rings. The summed E-state index contributed by atoms with van der Waals surface area (Å²) < 4.78 is 32.9. The summed E-state index contributed by atoms with van der Waals surface area (Å²) >= 11 is 0. The minimum Gasteiger partial charge on any atom is -0.493 e. The highest BCUT2D eigenvalue weighted by Crippen LogP contribution is 2.39. The summed E-state index contributed by atoms with van der Waals surface area (Å²) in [5.74, 6) is 0.0499. The third kappa shape index (κ3) is 3.91. The lowest BCUT2D eigenvalue weighted by Gasteiger charge is -2.14. The number of hydrogen-bond acceptors (Lipinski definition) is 8. The van der Waals surface area contributed by atoms with Crippen molar-refractivity contribution in [3.05, 3.63) is 69.6 Å².